The minimum absolute atomic E-state index is 0.0283. The van der Waals surface area contributed by atoms with Gasteiger partial charge in [-0.15, -0.1) is 0 Å². The molecule has 3 heterocycles. The molecule has 128 valence electrons. The molecule has 0 fully saturated rings. The van der Waals surface area contributed by atoms with Crippen LogP contribution in [-0.4, -0.2) is 20.1 Å². The lowest BCUT2D eigenvalue weighted by Gasteiger charge is -2.38. The van der Waals surface area contributed by atoms with Crippen LogP contribution in [-0.2, 0) is 6.54 Å². The summed E-state index contributed by atoms with van der Waals surface area (Å²) >= 11 is 0. The number of nitrogens with zero attached hydrogens (tertiary/aromatic N) is 3. The summed E-state index contributed by atoms with van der Waals surface area (Å²) in [7, 11) is 0. The van der Waals surface area contributed by atoms with Crippen molar-refractivity contribution >= 4 is 5.78 Å². The van der Waals surface area contributed by atoms with Gasteiger partial charge < -0.3 is 4.57 Å². The first kappa shape index (κ1) is 16.7. The summed E-state index contributed by atoms with van der Waals surface area (Å²) in [6.45, 7) is 12.9. The average Bonchev–Trinajstić information content (AvgIpc) is 2.89. The van der Waals surface area contributed by atoms with Crippen molar-refractivity contribution in [3.8, 4) is 11.4 Å². The van der Waals surface area contributed by atoms with Gasteiger partial charge in [-0.2, -0.15) is 5.10 Å². The van der Waals surface area contributed by atoms with Crippen molar-refractivity contribution < 1.29 is 4.79 Å². The van der Waals surface area contributed by atoms with E-state index in [1.54, 1.807) is 12.3 Å². The van der Waals surface area contributed by atoms with E-state index >= 15 is 0 Å². The highest BCUT2D eigenvalue weighted by atomic mass is 16.1. The first-order valence-electron chi connectivity index (χ1n) is 8.45. The van der Waals surface area contributed by atoms with Crippen LogP contribution in [0.1, 0.15) is 69.6 Å². The maximum Gasteiger partial charge on any atom is 0.193 e. The number of carbonyl (C=O) groups is 1. The zero-order valence-corrected chi connectivity index (χ0v) is 15.3. The molecule has 1 aliphatic rings. The van der Waals surface area contributed by atoms with Crippen molar-refractivity contribution in [2.24, 2.45) is 5.41 Å². The van der Waals surface area contributed by atoms with Gasteiger partial charge in [0.05, 0.1) is 35.2 Å². The number of ketones is 1. The summed E-state index contributed by atoms with van der Waals surface area (Å²) in [4.78, 5) is 24.2. The second-order valence-electron chi connectivity index (χ2n) is 8.07. The summed E-state index contributed by atoms with van der Waals surface area (Å²) in [5.74, 6) is 0.137. The second-order valence-corrected chi connectivity index (χ2v) is 8.07. The Morgan fingerprint density at radius 3 is 2.46 bits per heavy atom. The van der Waals surface area contributed by atoms with E-state index in [0.29, 0.717) is 5.92 Å². The van der Waals surface area contributed by atoms with Gasteiger partial charge in [0, 0.05) is 12.3 Å². The van der Waals surface area contributed by atoms with E-state index in [2.05, 4.69) is 45.3 Å². The van der Waals surface area contributed by atoms with Gasteiger partial charge in [0.2, 0.25) is 0 Å². The summed E-state index contributed by atoms with van der Waals surface area (Å²) in [5.41, 5.74) is 2.82. The van der Waals surface area contributed by atoms with Crippen LogP contribution in [0.2, 0.25) is 0 Å². The number of rotatable bonds is 2. The first-order chi connectivity index (χ1) is 11.1. The van der Waals surface area contributed by atoms with Crippen molar-refractivity contribution in [3.05, 3.63) is 39.8 Å². The summed E-state index contributed by atoms with van der Waals surface area (Å²) in [5, 5.41) is 4.73. The van der Waals surface area contributed by atoms with Gasteiger partial charge in [-0.05, 0) is 24.3 Å². The fourth-order valence-electron chi connectivity index (χ4n) is 3.28. The van der Waals surface area contributed by atoms with Crippen molar-refractivity contribution in [3.63, 3.8) is 0 Å². The van der Waals surface area contributed by atoms with E-state index in [4.69, 9.17) is 5.10 Å². The molecule has 1 aliphatic heterocycles. The number of Topliss-reactive ketones (excluding diaryl/α,β-unsaturated/α-hetero) is 1. The second kappa shape index (κ2) is 5.43. The topological polar surface area (TPSA) is 56.9 Å². The van der Waals surface area contributed by atoms with Crippen LogP contribution in [0.4, 0.5) is 0 Å². The normalized spacial score (nSPS) is 16.9. The zero-order chi connectivity index (χ0) is 17.8. The Hall–Kier alpha value is -2.17. The highest BCUT2D eigenvalue weighted by Crippen LogP contribution is 2.39. The summed E-state index contributed by atoms with van der Waals surface area (Å²) in [6, 6.07) is 3.77. The maximum atomic E-state index is 12.4. The Labute approximate surface area is 142 Å². The lowest BCUT2D eigenvalue weighted by atomic mass is 9.85. The van der Waals surface area contributed by atoms with Crippen LogP contribution in [0, 0.1) is 5.41 Å². The molecule has 0 saturated heterocycles. The standard InChI is InChI=1S/C19H25N3O2/c1-11(2)14-7-16-15-8-17(24)13(12(3)23)9-21(15)18(19(4,5)6)10-22(16)20-14/h7-9,11,18H,10H2,1-6H3. The van der Waals surface area contributed by atoms with Crippen LogP contribution in [0.3, 0.4) is 0 Å². The van der Waals surface area contributed by atoms with Crippen molar-refractivity contribution in [1.29, 1.82) is 0 Å². The molecule has 5 heteroatoms. The fourth-order valence-corrected chi connectivity index (χ4v) is 3.28. The van der Waals surface area contributed by atoms with Gasteiger partial charge >= 0.3 is 0 Å². The lowest BCUT2D eigenvalue weighted by Crippen LogP contribution is -2.35. The molecule has 0 amide bonds. The van der Waals surface area contributed by atoms with Crippen molar-refractivity contribution in [2.75, 3.05) is 0 Å². The molecular weight excluding hydrogens is 302 g/mol. The molecule has 3 rings (SSSR count). The zero-order valence-electron chi connectivity index (χ0n) is 15.3. The SMILES string of the molecule is CC(=O)c1cn2c(cc1=O)-c1cc(C(C)C)nn1CC2C(C)(C)C. The maximum absolute atomic E-state index is 12.4. The summed E-state index contributed by atoms with van der Waals surface area (Å²) < 4.78 is 4.10. The van der Waals surface area contributed by atoms with E-state index in [-0.39, 0.29) is 28.2 Å². The molecule has 2 aromatic rings. The van der Waals surface area contributed by atoms with Gasteiger partial charge in [-0.1, -0.05) is 34.6 Å². The Balaban J connectivity index is 2.29. The van der Waals surface area contributed by atoms with E-state index in [1.165, 1.54) is 6.92 Å². The number of fused-ring (bicyclic) bond motifs is 3. The van der Waals surface area contributed by atoms with Crippen LogP contribution in [0.15, 0.2) is 23.1 Å². The predicted molar refractivity (Wildman–Crippen MR) is 94.5 cm³/mol. The number of hydrogen-bond donors (Lipinski definition) is 0. The number of aromatic nitrogens is 3. The number of hydrogen-bond acceptors (Lipinski definition) is 3. The Morgan fingerprint density at radius 1 is 1.25 bits per heavy atom. The first-order valence-corrected chi connectivity index (χ1v) is 8.45. The number of carbonyl (C=O) groups excluding carboxylic acids is 1. The molecule has 0 aromatic carbocycles. The molecule has 1 unspecified atom stereocenters. The quantitative estimate of drug-likeness (QED) is 0.791. The molecule has 0 aliphatic carbocycles. The van der Waals surface area contributed by atoms with E-state index in [0.717, 1.165) is 23.6 Å². The van der Waals surface area contributed by atoms with Crippen LogP contribution >= 0.6 is 0 Å². The van der Waals surface area contributed by atoms with E-state index in [9.17, 15) is 9.59 Å². The third kappa shape index (κ3) is 2.62. The molecule has 2 aromatic heterocycles. The third-order valence-corrected chi connectivity index (χ3v) is 4.79. The molecule has 24 heavy (non-hydrogen) atoms. The fraction of sp³-hybridized carbons (Fsp3) is 0.526. The predicted octanol–water partition coefficient (Wildman–Crippen LogP) is 3.64. The van der Waals surface area contributed by atoms with Crippen LogP contribution < -0.4 is 5.43 Å². The van der Waals surface area contributed by atoms with Gasteiger partial charge in [0.1, 0.15) is 0 Å². The molecule has 5 nitrogen and oxygen atoms in total. The Kier molecular flexibility index (Phi) is 3.78. The van der Waals surface area contributed by atoms with E-state index in [1.807, 2.05) is 4.68 Å². The van der Waals surface area contributed by atoms with E-state index < -0.39 is 0 Å². The molecule has 0 radical (unpaired) electrons. The third-order valence-electron chi connectivity index (χ3n) is 4.79. The van der Waals surface area contributed by atoms with Gasteiger partial charge in [-0.25, -0.2) is 0 Å². The largest absolute Gasteiger partial charge is 0.340 e. The molecule has 0 spiro atoms. The molecule has 0 bridgehead atoms. The number of pyridine rings is 1. The Morgan fingerprint density at radius 2 is 1.92 bits per heavy atom. The molecular formula is C19H25N3O2. The van der Waals surface area contributed by atoms with Crippen LogP contribution in [0.5, 0.6) is 0 Å². The highest BCUT2D eigenvalue weighted by Gasteiger charge is 2.34. The van der Waals surface area contributed by atoms with Crippen LogP contribution in [0.25, 0.3) is 11.4 Å². The van der Waals surface area contributed by atoms with Crippen molar-refractivity contribution in [1.82, 2.24) is 14.3 Å². The molecule has 0 N–H and O–H groups in total. The van der Waals surface area contributed by atoms with Gasteiger partial charge in [0.25, 0.3) is 0 Å². The Bertz CT molecular complexity index is 866. The lowest BCUT2D eigenvalue weighted by molar-refractivity contribution is 0.101. The minimum Gasteiger partial charge on any atom is -0.340 e. The molecule has 0 saturated carbocycles. The molecule has 1 atom stereocenters. The van der Waals surface area contributed by atoms with Crippen molar-refractivity contribution in [2.45, 2.75) is 60.0 Å². The highest BCUT2D eigenvalue weighted by molar-refractivity contribution is 5.94. The van der Waals surface area contributed by atoms with Gasteiger partial charge in [0.15, 0.2) is 11.2 Å². The van der Waals surface area contributed by atoms with Gasteiger partial charge in [-0.3, -0.25) is 14.3 Å². The minimum atomic E-state index is -0.220. The summed E-state index contributed by atoms with van der Waals surface area (Å²) in [6.07, 6.45) is 1.74. The monoisotopic (exact) mass is 327 g/mol. The smallest absolute Gasteiger partial charge is 0.193 e. The average molecular weight is 327 g/mol.